The summed E-state index contributed by atoms with van der Waals surface area (Å²) in [6.45, 7) is 12.1. The fourth-order valence-electron chi connectivity index (χ4n) is 3.34. The van der Waals surface area contributed by atoms with Crippen LogP contribution in [-0.4, -0.2) is 67.4 Å². The van der Waals surface area contributed by atoms with Crippen LogP contribution in [0.5, 0.6) is 0 Å². The van der Waals surface area contributed by atoms with Gasteiger partial charge in [-0.25, -0.2) is 0 Å². The van der Waals surface area contributed by atoms with Crippen molar-refractivity contribution < 1.29 is 9.84 Å². The van der Waals surface area contributed by atoms with E-state index in [1.165, 1.54) is 11.1 Å². The van der Waals surface area contributed by atoms with E-state index in [9.17, 15) is 5.11 Å². The molecule has 1 aromatic rings. The Hall–Kier alpha value is -0.940. The molecule has 1 aliphatic rings. The highest BCUT2D eigenvalue weighted by Crippen LogP contribution is 2.20. The first-order valence-corrected chi connectivity index (χ1v) is 8.75. The molecule has 1 aromatic carbocycles. The Morgan fingerprint density at radius 3 is 2.70 bits per heavy atom. The first kappa shape index (κ1) is 18.4. The average Bonchev–Trinajstić information content (AvgIpc) is 2.55. The van der Waals surface area contributed by atoms with Crippen LogP contribution >= 0.6 is 0 Å². The SMILES string of the molecule is CCC1CN(CC(O)c2ccc(C)c(C)c2)CCN1CCOC. The van der Waals surface area contributed by atoms with E-state index >= 15 is 0 Å². The topological polar surface area (TPSA) is 35.9 Å². The number of hydrogen-bond donors (Lipinski definition) is 1. The number of β-amino-alcohol motifs (C(OH)–C–C–N with tert-alkyl or cyclic N) is 1. The van der Waals surface area contributed by atoms with Crippen molar-refractivity contribution >= 4 is 0 Å². The van der Waals surface area contributed by atoms with Gasteiger partial charge >= 0.3 is 0 Å². The molecule has 0 saturated carbocycles. The smallest absolute Gasteiger partial charge is 0.0917 e. The Bertz CT molecular complexity index is 492. The lowest BCUT2D eigenvalue weighted by atomic mass is 10.0. The zero-order valence-electron chi connectivity index (χ0n) is 15.1. The number of hydrogen-bond acceptors (Lipinski definition) is 4. The van der Waals surface area contributed by atoms with Gasteiger partial charge in [-0.15, -0.1) is 0 Å². The summed E-state index contributed by atoms with van der Waals surface area (Å²) in [5.74, 6) is 0. The van der Waals surface area contributed by atoms with Crippen LogP contribution in [0.15, 0.2) is 18.2 Å². The van der Waals surface area contributed by atoms with Gasteiger partial charge in [-0.3, -0.25) is 9.80 Å². The van der Waals surface area contributed by atoms with E-state index < -0.39 is 6.10 Å². The average molecular weight is 320 g/mol. The molecule has 4 heteroatoms. The number of benzene rings is 1. The zero-order chi connectivity index (χ0) is 16.8. The molecule has 2 unspecified atom stereocenters. The van der Waals surface area contributed by atoms with Gasteiger partial charge in [-0.2, -0.15) is 0 Å². The summed E-state index contributed by atoms with van der Waals surface area (Å²) in [4.78, 5) is 4.92. The minimum absolute atomic E-state index is 0.405. The van der Waals surface area contributed by atoms with Crippen LogP contribution in [0.4, 0.5) is 0 Å². The van der Waals surface area contributed by atoms with Crippen LogP contribution in [0, 0.1) is 13.8 Å². The van der Waals surface area contributed by atoms with Gasteiger partial charge in [0.15, 0.2) is 0 Å². The number of aliphatic hydroxyl groups excluding tert-OH is 1. The van der Waals surface area contributed by atoms with E-state index in [2.05, 4.69) is 48.8 Å². The second-order valence-electron chi connectivity index (χ2n) is 6.71. The van der Waals surface area contributed by atoms with Crippen molar-refractivity contribution in [3.8, 4) is 0 Å². The van der Waals surface area contributed by atoms with Gasteiger partial charge in [0.2, 0.25) is 0 Å². The first-order chi connectivity index (χ1) is 11.0. The van der Waals surface area contributed by atoms with Gasteiger partial charge in [-0.05, 0) is 37.0 Å². The van der Waals surface area contributed by atoms with E-state index in [1.807, 2.05) is 0 Å². The molecule has 1 aliphatic heterocycles. The fourth-order valence-corrected chi connectivity index (χ4v) is 3.34. The van der Waals surface area contributed by atoms with Gasteiger partial charge in [0.05, 0.1) is 12.7 Å². The summed E-state index contributed by atoms with van der Waals surface area (Å²) in [5, 5.41) is 10.6. The maximum atomic E-state index is 10.6. The number of piperazine rings is 1. The second-order valence-corrected chi connectivity index (χ2v) is 6.71. The number of rotatable bonds is 7. The highest BCUT2D eigenvalue weighted by Gasteiger charge is 2.26. The Morgan fingerprint density at radius 2 is 2.04 bits per heavy atom. The first-order valence-electron chi connectivity index (χ1n) is 8.75. The molecule has 1 N–H and O–H groups in total. The molecule has 1 heterocycles. The molecule has 0 radical (unpaired) electrons. The maximum absolute atomic E-state index is 10.6. The maximum Gasteiger partial charge on any atom is 0.0917 e. The third-order valence-electron chi connectivity index (χ3n) is 5.09. The predicted molar refractivity (Wildman–Crippen MR) is 94.8 cm³/mol. The summed E-state index contributed by atoms with van der Waals surface area (Å²) >= 11 is 0. The van der Waals surface area contributed by atoms with Crippen molar-refractivity contribution in [3.05, 3.63) is 34.9 Å². The largest absolute Gasteiger partial charge is 0.387 e. The molecule has 1 fully saturated rings. The van der Waals surface area contributed by atoms with Crippen LogP contribution in [0.25, 0.3) is 0 Å². The lowest BCUT2D eigenvalue weighted by Gasteiger charge is -2.41. The van der Waals surface area contributed by atoms with Crippen molar-refractivity contribution in [2.24, 2.45) is 0 Å². The third kappa shape index (κ3) is 5.01. The van der Waals surface area contributed by atoms with Crippen molar-refractivity contribution in [2.75, 3.05) is 46.4 Å². The van der Waals surface area contributed by atoms with E-state index in [0.29, 0.717) is 6.04 Å². The molecule has 130 valence electrons. The van der Waals surface area contributed by atoms with Crippen molar-refractivity contribution in [2.45, 2.75) is 39.3 Å². The minimum Gasteiger partial charge on any atom is -0.387 e. The van der Waals surface area contributed by atoms with Crippen LogP contribution in [-0.2, 0) is 4.74 Å². The van der Waals surface area contributed by atoms with Crippen LogP contribution in [0.2, 0.25) is 0 Å². The number of methoxy groups -OCH3 is 1. The fraction of sp³-hybridized carbons (Fsp3) is 0.684. The monoisotopic (exact) mass is 320 g/mol. The molecule has 0 aliphatic carbocycles. The van der Waals surface area contributed by atoms with Gasteiger partial charge in [0.25, 0.3) is 0 Å². The normalized spacial score (nSPS) is 21.5. The summed E-state index contributed by atoms with van der Waals surface area (Å²) in [6.07, 6.45) is 0.734. The Morgan fingerprint density at radius 1 is 1.26 bits per heavy atom. The summed E-state index contributed by atoms with van der Waals surface area (Å²) in [5.41, 5.74) is 3.55. The number of aryl methyl sites for hydroxylation is 2. The molecule has 0 bridgehead atoms. The van der Waals surface area contributed by atoms with Crippen LogP contribution in [0.3, 0.4) is 0 Å². The Kier molecular flexibility index (Phi) is 7.03. The predicted octanol–water partition coefficient (Wildman–Crippen LogP) is 2.38. The highest BCUT2D eigenvalue weighted by atomic mass is 16.5. The standard InChI is InChI=1S/C19H32N2O2/c1-5-18-13-20(8-9-21(18)10-11-23-4)14-19(22)17-7-6-15(2)16(3)12-17/h6-7,12,18-19,22H,5,8-11,13-14H2,1-4H3. The van der Waals surface area contributed by atoms with E-state index in [0.717, 1.165) is 51.3 Å². The summed E-state index contributed by atoms with van der Waals surface area (Å²) in [6, 6.07) is 6.84. The summed E-state index contributed by atoms with van der Waals surface area (Å²) < 4.78 is 5.21. The molecule has 23 heavy (non-hydrogen) atoms. The van der Waals surface area contributed by atoms with E-state index in [4.69, 9.17) is 4.74 Å². The number of nitrogens with zero attached hydrogens (tertiary/aromatic N) is 2. The van der Waals surface area contributed by atoms with Crippen molar-refractivity contribution in [1.29, 1.82) is 0 Å². The molecular formula is C19H32N2O2. The second kappa shape index (κ2) is 8.78. The molecule has 2 atom stereocenters. The molecule has 0 aromatic heterocycles. The molecule has 0 amide bonds. The van der Waals surface area contributed by atoms with Crippen molar-refractivity contribution in [3.63, 3.8) is 0 Å². The lowest BCUT2D eigenvalue weighted by Crippen LogP contribution is -2.54. The van der Waals surface area contributed by atoms with Crippen molar-refractivity contribution in [1.82, 2.24) is 9.80 Å². The molecular weight excluding hydrogens is 288 g/mol. The molecule has 1 saturated heterocycles. The summed E-state index contributed by atoms with van der Waals surface area (Å²) in [7, 11) is 1.76. The number of aliphatic hydroxyl groups is 1. The van der Waals surface area contributed by atoms with Gasteiger partial charge < -0.3 is 9.84 Å². The van der Waals surface area contributed by atoms with Gasteiger partial charge in [0, 0.05) is 45.9 Å². The van der Waals surface area contributed by atoms with Crippen LogP contribution < -0.4 is 0 Å². The van der Waals surface area contributed by atoms with Gasteiger partial charge in [-0.1, -0.05) is 25.1 Å². The van der Waals surface area contributed by atoms with Gasteiger partial charge in [0.1, 0.15) is 0 Å². The Labute approximate surface area is 141 Å². The molecule has 4 nitrogen and oxygen atoms in total. The third-order valence-corrected chi connectivity index (χ3v) is 5.09. The quantitative estimate of drug-likeness (QED) is 0.837. The van der Waals surface area contributed by atoms with E-state index in [1.54, 1.807) is 7.11 Å². The zero-order valence-corrected chi connectivity index (χ0v) is 15.1. The highest BCUT2D eigenvalue weighted by molar-refractivity contribution is 5.31. The molecule has 2 rings (SSSR count). The number of ether oxygens (including phenoxy) is 1. The Balaban J connectivity index is 1.91. The molecule has 0 spiro atoms. The minimum atomic E-state index is -0.405. The lowest BCUT2D eigenvalue weighted by molar-refractivity contribution is 0.0260. The van der Waals surface area contributed by atoms with Crippen LogP contribution in [0.1, 0.15) is 36.1 Å². The van der Waals surface area contributed by atoms with E-state index in [-0.39, 0.29) is 0 Å².